The van der Waals surface area contributed by atoms with Crippen LogP contribution in [0.25, 0.3) is 0 Å². The molecular formula is C21H27FN4O4. The number of fused-ring (bicyclic) bond motifs is 2. The highest BCUT2D eigenvalue weighted by atomic mass is 19.1. The molecule has 30 heavy (non-hydrogen) atoms. The molecule has 1 unspecified atom stereocenters. The molecule has 3 amide bonds. The zero-order chi connectivity index (χ0) is 20.7. The van der Waals surface area contributed by atoms with Crippen molar-refractivity contribution >= 4 is 11.9 Å². The molecule has 0 aliphatic carbocycles. The molecule has 9 heteroatoms. The van der Waals surface area contributed by atoms with Crippen LogP contribution < -0.4 is 0 Å². The number of ether oxygens (including phenoxy) is 2. The minimum atomic E-state index is -0.503. The first-order valence-corrected chi connectivity index (χ1v) is 10.6. The van der Waals surface area contributed by atoms with Crippen molar-refractivity contribution in [2.24, 2.45) is 0 Å². The smallest absolute Gasteiger partial charge is 0.320 e. The Morgan fingerprint density at radius 3 is 2.40 bits per heavy atom. The average Bonchev–Trinajstić information content (AvgIpc) is 2.76. The van der Waals surface area contributed by atoms with Crippen molar-refractivity contribution in [2.45, 2.75) is 11.6 Å². The molecule has 4 fully saturated rings. The fourth-order valence-electron chi connectivity index (χ4n) is 5.19. The molecule has 0 saturated carbocycles. The van der Waals surface area contributed by atoms with Crippen LogP contribution in [-0.2, 0) is 9.47 Å². The van der Waals surface area contributed by atoms with E-state index in [0.717, 1.165) is 6.54 Å². The van der Waals surface area contributed by atoms with Gasteiger partial charge in [0.2, 0.25) is 0 Å². The van der Waals surface area contributed by atoms with E-state index in [-0.39, 0.29) is 29.1 Å². The number of morpholine rings is 2. The lowest BCUT2D eigenvalue weighted by Gasteiger charge is -2.63. The third kappa shape index (κ3) is 3.34. The molecule has 1 atom stereocenters. The summed E-state index contributed by atoms with van der Waals surface area (Å²) in [6.07, 6.45) is 0. The maximum absolute atomic E-state index is 14.2. The Morgan fingerprint density at radius 1 is 0.933 bits per heavy atom. The molecule has 1 spiro atoms. The number of hydrogen-bond donors (Lipinski definition) is 0. The van der Waals surface area contributed by atoms with E-state index < -0.39 is 5.82 Å². The van der Waals surface area contributed by atoms with E-state index in [1.807, 2.05) is 9.80 Å². The number of amides is 3. The van der Waals surface area contributed by atoms with Crippen LogP contribution in [-0.4, -0.2) is 115 Å². The first-order chi connectivity index (χ1) is 14.6. The summed E-state index contributed by atoms with van der Waals surface area (Å²) in [5, 5.41) is 0. The molecular weight excluding hydrogens is 391 g/mol. The lowest BCUT2D eigenvalue weighted by Crippen LogP contribution is -2.82. The zero-order valence-corrected chi connectivity index (χ0v) is 17.0. The molecule has 1 aromatic rings. The molecule has 0 radical (unpaired) electrons. The number of hydrogen-bond acceptors (Lipinski definition) is 5. The standard InChI is InChI=1S/C21H27FN4O4/c22-18-4-2-1-3-17(18)19(27)24-11-16-12-30-10-7-26(16)21(13-24)14-25(15-21)20(28)23-5-8-29-9-6-23/h1-4,16H,5-15H2. The van der Waals surface area contributed by atoms with Gasteiger partial charge < -0.3 is 24.2 Å². The lowest BCUT2D eigenvalue weighted by molar-refractivity contribution is -0.150. The van der Waals surface area contributed by atoms with Crippen LogP contribution in [0.5, 0.6) is 0 Å². The Labute approximate surface area is 175 Å². The summed E-state index contributed by atoms with van der Waals surface area (Å²) < 4.78 is 25.3. The second-order valence-corrected chi connectivity index (χ2v) is 8.55. The quantitative estimate of drug-likeness (QED) is 0.664. The second-order valence-electron chi connectivity index (χ2n) is 8.55. The molecule has 4 aliphatic heterocycles. The van der Waals surface area contributed by atoms with Crippen molar-refractivity contribution in [2.75, 3.05) is 72.2 Å². The fraction of sp³-hybridized carbons (Fsp3) is 0.619. The predicted molar refractivity (Wildman–Crippen MR) is 106 cm³/mol. The maximum atomic E-state index is 14.2. The molecule has 0 bridgehead atoms. The van der Waals surface area contributed by atoms with Crippen LogP contribution in [0, 0.1) is 5.82 Å². The largest absolute Gasteiger partial charge is 0.378 e. The van der Waals surface area contributed by atoms with Gasteiger partial charge in [0, 0.05) is 45.8 Å². The van der Waals surface area contributed by atoms with Gasteiger partial charge in [-0.2, -0.15) is 0 Å². The molecule has 1 aromatic carbocycles. The van der Waals surface area contributed by atoms with Crippen LogP contribution in [0.2, 0.25) is 0 Å². The van der Waals surface area contributed by atoms with Crippen molar-refractivity contribution in [3.8, 4) is 0 Å². The molecule has 4 heterocycles. The van der Waals surface area contributed by atoms with Crippen LogP contribution in [0.1, 0.15) is 10.4 Å². The molecule has 4 saturated heterocycles. The molecule has 0 aromatic heterocycles. The van der Waals surface area contributed by atoms with Crippen LogP contribution in [0.4, 0.5) is 9.18 Å². The van der Waals surface area contributed by atoms with Crippen molar-refractivity contribution in [1.29, 1.82) is 0 Å². The third-order valence-corrected chi connectivity index (χ3v) is 6.67. The number of benzene rings is 1. The molecule has 0 N–H and O–H groups in total. The Hall–Kier alpha value is -2.23. The Balaban J connectivity index is 1.34. The molecule has 4 aliphatic rings. The topological polar surface area (TPSA) is 65.6 Å². The number of rotatable bonds is 1. The summed E-state index contributed by atoms with van der Waals surface area (Å²) in [6, 6.07) is 6.20. The van der Waals surface area contributed by atoms with E-state index in [9.17, 15) is 14.0 Å². The summed E-state index contributed by atoms with van der Waals surface area (Å²) in [6.45, 7) is 6.48. The molecule has 8 nitrogen and oxygen atoms in total. The van der Waals surface area contributed by atoms with E-state index in [0.29, 0.717) is 65.7 Å². The van der Waals surface area contributed by atoms with E-state index >= 15 is 0 Å². The van der Waals surface area contributed by atoms with Gasteiger partial charge in [-0.05, 0) is 12.1 Å². The SMILES string of the molecule is O=C(c1ccccc1F)N1CC2COCCN2C2(C1)CN(C(=O)N1CCOCC1)C2. The number of halogens is 1. The summed E-state index contributed by atoms with van der Waals surface area (Å²) >= 11 is 0. The maximum Gasteiger partial charge on any atom is 0.320 e. The number of urea groups is 1. The predicted octanol–water partition coefficient (Wildman–Crippen LogP) is 0.489. The summed E-state index contributed by atoms with van der Waals surface area (Å²) in [5.74, 6) is -0.799. The fourth-order valence-corrected chi connectivity index (χ4v) is 5.19. The van der Waals surface area contributed by atoms with Gasteiger partial charge in [-0.15, -0.1) is 0 Å². The number of carbonyl (C=O) groups excluding carboxylic acids is 2. The van der Waals surface area contributed by atoms with E-state index in [2.05, 4.69) is 4.90 Å². The summed E-state index contributed by atoms with van der Waals surface area (Å²) in [4.78, 5) is 33.8. The third-order valence-electron chi connectivity index (χ3n) is 6.67. The highest BCUT2D eigenvalue weighted by Gasteiger charge is 2.56. The van der Waals surface area contributed by atoms with Gasteiger partial charge in [-0.3, -0.25) is 9.69 Å². The first-order valence-electron chi connectivity index (χ1n) is 10.6. The van der Waals surface area contributed by atoms with Gasteiger partial charge in [-0.25, -0.2) is 9.18 Å². The summed E-state index contributed by atoms with van der Waals surface area (Å²) in [5.41, 5.74) is -0.200. The number of nitrogens with zero attached hydrogens (tertiary/aromatic N) is 4. The monoisotopic (exact) mass is 418 g/mol. The number of piperazine rings is 1. The normalized spacial score (nSPS) is 26.3. The average molecular weight is 418 g/mol. The van der Waals surface area contributed by atoms with Crippen LogP contribution >= 0.6 is 0 Å². The first kappa shape index (κ1) is 19.7. The van der Waals surface area contributed by atoms with Crippen LogP contribution in [0.15, 0.2) is 24.3 Å². The van der Waals surface area contributed by atoms with Gasteiger partial charge in [0.15, 0.2) is 0 Å². The van der Waals surface area contributed by atoms with E-state index in [1.54, 1.807) is 17.0 Å². The van der Waals surface area contributed by atoms with Gasteiger partial charge in [0.05, 0.1) is 43.6 Å². The number of carbonyl (C=O) groups is 2. The van der Waals surface area contributed by atoms with Crippen molar-refractivity contribution in [3.63, 3.8) is 0 Å². The van der Waals surface area contributed by atoms with Gasteiger partial charge in [0.1, 0.15) is 5.82 Å². The highest BCUT2D eigenvalue weighted by Crippen LogP contribution is 2.36. The zero-order valence-electron chi connectivity index (χ0n) is 17.0. The van der Waals surface area contributed by atoms with Crippen molar-refractivity contribution in [3.05, 3.63) is 35.6 Å². The molecule has 5 rings (SSSR count). The minimum absolute atomic E-state index is 0.0336. The lowest BCUT2D eigenvalue weighted by atomic mass is 9.82. The number of likely N-dealkylation sites (tertiary alicyclic amines) is 1. The van der Waals surface area contributed by atoms with Gasteiger partial charge in [-0.1, -0.05) is 12.1 Å². The van der Waals surface area contributed by atoms with Gasteiger partial charge >= 0.3 is 6.03 Å². The second kappa shape index (κ2) is 7.79. The van der Waals surface area contributed by atoms with E-state index in [1.165, 1.54) is 12.1 Å². The Bertz CT molecular complexity index is 825. The Kier molecular flexibility index (Phi) is 5.12. The minimum Gasteiger partial charge on any atom is -0.378 e. The van der Waals surface area contributed by atoms with Crippen molar-refractivity contribution in [1.82, 2.24) is 19.6 Å². The highest BCUT2D eigenvalue weighted by molar-refractivity contribution is 5.94. The summed E-state index contributed by atoms with van der Waals surface area (Å²) in [7, 11) is 0. The van der Waals surface area contributed by atoms with Crippen molar-refractivity contribution < 1.29 is 23.5 Å². The Morgan fingerprint density at radius 2 is 1.63 bits per heavy atom. The van der Waals surface area contributed by atoms with E-state index in [4.69, 9.17) is 9.47 Å². The van der Waals surface area contributed by atoms with Gasteiger partial charge in [0.25, 0.3) is 5.91 Å². The molecule has 162 valence electrons. The van der Waals surface area contributed by atoms with Crippen LogP contribution in [0.3, 0.4) is 0 Å².